The van der Waals surface area contributed by atoms with Gasteiger partial charge in [0.25, 0.3) is 5.91 Å². The maximum absolute atomic E-state index is 13.1. The Morgan fingerprint density at radius 2 is 1.84 bits per heavy atom. The fourth-order valence-corrected chi connectivity index (χ4v) is 3.77. The number of benzene rings is 3. The third-order valence-corrected chi connectivity index (χ3v) is 5.39. The number of aromatic amines is 1. The summed E-state index contributed by atoms with van der Waals surface area (Å²) in [5.41, 5.74) is 4.94. The lowest BCUT2D eigenvalue weighted by atomic mass is 9.97. The molecular formula is C24H20N4O3. The van der Waals surface area contributed by atoms with E-state index in [1.165, 1.54) is 0 Å². The first kappa shape index (κ1) is 18.9. The molecule has 1 fully saturated rings. The molecule has 4 aromatic rings. The summed E-state index contributed by atoms with van der Waals surface area (Å²) in [6, 6.07) is 22.4. The third-order valence-electron chi connectivity index (χ3n) is 5.39. The minimum absolute atomic E-state index is 0.200. The standard InChI is InChI=1S/C24H20N4O3/c29-23(17-6-9-19(10-7-17)28-12-13-31-24(28)30)27-22(16-4-2-1-3-5-16)18-8-11-20-21(14-18)26-15-25-20/h1-11,14-15,22H,12-13H2,(H,25,26)(H,27,29). The summed E-state index contributed by atoms with van der Waals surface area (Å²) >= 11 is 0. The first-order chi connectivity index (χ1) is 15.2. The van der Waals surface area contributed by atoms with Crippen LogP contribution in [0.2, 0.25) is 0 Å². The molecule has 2 heterocycles. The van der Waals surface area contributed by atoms with Crippen LogP contribution < -0.4 is 10.2 Å². The van der Waals surface area contributed by atoms with E-state index < -0.39 is 0 Å². The molecule has 0 saturated carbocycles. The fourth-order valence-electron chi connectivity index (χ4n) is 3.77. The molecular weight excluding hydrogens is 392 g/mol. The highest BCUT2D eigenvalue weighted by Crippen LogP contribution is 2.26. The molecule has 154 valence electrons. The van der Waals surface area contributed by atoms with Gasteiger partial charge in [-0.2, -0.15) is 0 Å². The highest BCUT2D eigenvalue weighted by Gasteiger charge is 2.24. The summed E-state index contributed by atoms with van der Waals surface area (Å²) in [5, 5.41) is 3.14. The summed E-state index contributed by atoms with van der Waals surface area (Å²) in [5.74, 6) is -0.200. The molecule has 5 rings (SSSR count). The molecule has 1 aromatic heterocycles. The zero-order chi connectivity index (χ0) is 21.2. The van der Waals surface area contributed by atoms with Gasteiger partial charge < -0.3 is 15.0 Å². The van der Waals surface area contributed by atoms with E-state index >= 15 is 0 Å². The second kappa shape index (κ2) is 7.95. The van der Waals surface area contributed by atoms with Gasteiger partial charge in [-0.3, -0.25) is 9.69 Å². The van der Waals surface area contributed by atoms with Crippen LogP contribution in [0.25, 0.3) is 11.0 Å². The van der Waals surface area contributed by atoms with Gasteiger partial charge in [-0.15, -0.1) is 0 Å². The molecule has 1 aliphatic heterocycles. The predicted octanol–water partition coefficient (Wildman–Crippen LogP) is 4.04. The zero-order valence-corrected chi connectivity index (χ0v) is 16.6. The molecule has 1 aliphatic rings. The molecule has 31 heavy (non-hydrogen) atoms. The van der Waals surface area contributed by atoms with Crippen molar-refractivity contribution < 1.29 is 14.3 Å². The molecule has 1 saturated heterocycles. The molecule has 7 heteroatoms. The maximum Gasteiger partial charge on any atom is 0.414 e. The van der Waals surface area contributed by atoms with Crippen molar-refractivity contribution in [2.24, 2.45) is 0 Å². The van der Waals surface area contributed by atoms with Crippen LogP contribution >= 0.6 is 0 Å². The fraction of sp³-hybridized carbons (Fsp3) is 0.125. The Kier molecular flexibility index (Phi) is 4.84. The quantitative estimate of drug-likeness (QED) is 0.518. The number of anilines is 1. The van der Waals surface area contributed by atoms with E-state index in [9.17, 15) is 9.59 Å². The van der Waals surface area contributed by atoms with Crippen LogP contribution in [0.4, 0.5) is 10.5 Å². The Morgan fingerprint density at radius 1 is 1.03 bits per heavy atom. The van der Waals surface area contributed by atoms with Gasteiger partial charge in [0.2, 0.25) is 0 Å². The second-order valence-electron chi connectivity index (χ2n) is 7.31. The number of fused-ring (bicyclic) bond motifs is 1. The van der Waals surface area contributed by atoms with Gasteiger partial charge in [0.05, 0.1) is 29.9 Å². The molecule has 7 nitrogen and oxygen atoms in total. The Labute approximate surface area is 178 Å². The van der Waals surface area contributed by atoms with Crippen LogP contribution in [0.5, 0.6) is 0 Å². The van der Waals surface area contributed by atoms with E-state index in [2.05, 4.69) is 15.3 Å². The minimum Gasteiger partial charge on any atom is -0.447 e. The number of hydrogen-bond acceptors (Lipinski definition) is 4. The smallest absolute Gasteiger partial charge is 0.414 e. The van der Waals surface area contributed by atoms with E-state index in [4.69, 9.17) is 4.74 Å². The molecule has 2 N–H and O–H groups in total. The molecule has 1 atom stereocenters. The topological polar surface area (TPSA) is 87.3 Å². The van der Waals surface area contributed by atoms with Crippen molar-refractivity contribution in [3.05, 3.63) is 95.8 Å². The largest absolute Gasteiger partial charge is 0.447 e. The van der Waals surface area contributed by atoms with Gasteiger partial charge in [-0.05, 0) is 47.5 Å². The molecule has 0 bridgehead atoms. The van der Waals surface area contributed by atoms with Crippen LogP contribution in [0.15, 0.2) is 79.1 Å². The Balaban J connectivity index is 1.42. The van der Waals surface area contributed by atoms with Gasteiger partial charge in [0.15, 0.2) is 0 Å². The number of H-pyrrole nitrogens is 1. The lowest BCUT2D eigenvalue weighted by Gasteiger charge is -2.20. The van der Waals surface area contributed by atoms with Crippen molar-refractivity contribution in [3.8, 4) is 0 Å². The average Bonchev–Trinajstić information content (AvgIpc) is 3.46. The van der Waals surface area contributed by atoms with Crippen LogP contribution in [-0.2, 0) is 4.74 Å². The van der Waals surface area contributed by atoms with Gasteiger partial charge in [-0.1, -0.05) is 36.4 Å². The van der Waals surface area contributed by atoms with Crippen LogP contribution in [-0.4, -0.2) is 35.1 Å². The number of cyclic esters (lactones) is 1. The summed E-state index contributed by atoms with van der Waals surface area (Å²) in [6.45, 7) is 0.886. The molecule has 0 spiro atoms. The number of amides is 2. The van der Waals surface area contributed by atoms with Crippen LogP contribution in [0, 0.1) is 0 Å². The molecule has 3 aromatic carbocycles. The van der Waals surface area contributed by atoms with E-state index in [1.807, 2.05) is 48.5 Å². The number of ether oxygens (including phenoxy) is 1. The van der Waals surface area contributed by atoms with Gasteiger partial charge in [-0.25, -0.2) is 9.78 Å². The maximum atomic E-state index is 13.1. The normalized spacial score (nSPS) is 14.5. The number of imidazole rings is 1. The number of nitrogens with zero attached hydrogens (tertiary/aromatic N) is 2. The number of carbonyl (C=O) groups excluding carboxylic acids is 2. The summed E-state index contributed by atoms with van der Waals surface area (Å²) < 4.78 is 4.97. The van der Waals surface area contributed by atoms with Crippen molar-refractivity contribution in [3.63, 3.8) is 0 Å². The first-order valence-corrected chi connectivity index (χ1v) is 10.0. The van der Waals surface area contributed by atoms with E-state index in [1.54, 1.807) is 35.5 Å². The monoisotopic (exact) mass is 412 g/mol. The number of rotatable bonds is 5. The van der Waals surface area contributed by atoms with E-state index in [-0.39, 0.29) is 18.0 Å². The lowest BCUT2D eigenvalue weighted by Crippen LogP contribution is -2.29. The van der Waals surface area contributed by atoms with Crippen molar-refractivity contribution in [2.75, 3.05) is 18.1 Å². The van der Waals surface area contributed by atoms with Gasteiger partial charge in [0, 0.05) is 11.3 Å². The third kappa shape index (κ3) is 3.73. The average molecular weight is 412 g/mol. The Morgan fingerprint density at radius 3 is 2.58 bits per heavy atom. The predicted molar refractivity (Wildman–Crippen MR) is 117 cm³/mol. The number of hydrogen-bond donors (Lipinski definition) is 2. The molecule has 2 amide bonds. The summed E-state index contributed by atoms with van der Waals surface area (Å²) in [7, 11) is 0. The summed E-state index contributed by atoms with van der Waals surface area (Å²) in [6.07, 6.45) is 1.29. The van der Waals surface area contributed by atoms with Gasteiger partial charge >= 0.3 is 6.09 Å². The molecule has 0 radical (unpaired) electrons. The van der Waals surface area contributed by atoms with Crippen molar-refractivity contribution in [1.29, 1.82) is 0 Å². The van der Waals surface area contributed by atoms with Crippen LogP contribution in [0.3, 0.4) is 0 Å². The molecule has 1 unspecified atom stereocenters. The van der Waals surface area contributed by atoms with Crippen molar-refractivity contribution >= 4 is 28.7 Å². The lowest BCUT2D eigenvalue weighted by molar-refractivity contribution is 0.0943. The second-order valence-corrected chi connectivity index (χ2v) is 7.31. The minimum atomic E-state index is -0.365. The van der Waals surface area contributed by atoms with Crippen molar-refractivity contribution in [1.82, 2.24) is 15.3 Å². The highest BCUT2D eigenvalue weighted by atomic mass is 16.6. The first-order valence-electron chi connectivity index (χ1n) is 10.0. The zero-order valence-electron chi connectivity index (χ0n) is 16.6. The number of aromatic nitrogens is 2. The Bertz CT molecular complexity index is 1230. The number of carbonyl (C=O) groups is 2. The summed E-state index contributed by atoms with van der Waals surface area (Å²) in [4.78, 5) is 33.8. The van der Waals surface area contributed by atoms with Crippen LogP contribution in [0.1, 0.15) is 27.5 Å². The van der Waals surface area contributed by atoms with E-state index in [0.29, 0.717) is 24.4 Å². The highest BCUT2D eigenvalue weighted by molar-refractivity contribution is 5.96. The number of nitrogens with one attached hydrogen (secondary N) is 2. The Hall–Kier alpha value is -4.13. The molecule has 0 aliphatic carbocycles. The van der Waals surface area contributed by atoms with E-state index in [0.717, 1.165) is 22.2 Å². The SMILES string of the molecule is O=C(NC(c1ccccc1)c1ccc2nc[nH]c2c1)c1ccc(N2CCOC2=O)cc1. The van der Waals surface area contributed by atoms with Crippen molar-refractivity contribution in [2.45, 2.75) is 6.04 Å². The van der Waals surface area contributed by atoms with Gasteiger partial charge in [0.1, 0.15) is 6.61 Å².